The van der Waals surface area contributed by atoms with E-state index in [2.05, 4.69) is 31.6 Å². The minimum absolute atomic E-state index is 0.128. The molecule has 6 nitrogen and oxygen atoms in total. The van der Waals surface area contributed by atoms with Gasteiger partial charge in [0.05, 0.1) is 0 Å². The SMILES string of the molecule is Cc1cccc(OCC(=O)Nc2nonc2-c2ccc(Br)cc2)c1C. The first-order chi connectivity index (χ1) is 12.0. The number of nitrogens with zero attached hydrogens (tertiary/aromatic N) is 2. The maximum atomic E-state index is 12.2. The Balaban J connectivity index is 1.67. The van der Waals surface area contributed by atoms with Crippen molar-refractivity contribution in [1.82, 2.24) is 10.3 Å². The second kappa shape index (κ2) is 7.48. The van der Waals surface area contributed by atoms with Crippen LogP contribution in [0.2, 0.25) is 0 Å². The number of aryl methyl sites for hydroxylation is 1. The molecule has 128 valence electrons. The molecular formula is C18H16BrN3O3. The zero-order chi connectivity index (χ0) is 17.8. The van der Waals surface area contributed by atoms with Crippen molar-refractivity contribution in [3.8, 4) is 17.0 Å². The lowest BCUT2D eigenvalue weighted by atomic mass is 10.1. The Labute approximate surface area is 153 Å². The summed E-state index contributed by atoms with van der Waals surface area (Å²) in [7, 11) is 0. The van der Waals surface area contributed by atoms with Crippen LogP contribution < -0.4 is 10.1 Å². The van der Waals surface area contributed by atoms with E-state index < -0.39 is 0 Å². The van der Waals surface area contributed by atoms with Crippen LogP contribution in [-0.2, 0) is 4.79 Å². The molecule has 1 N–H and O–H groups in total. The second-order valence-electron chi connectivity index (χ2n) is 5.50. The van der Waals surface area contributed by atoms with Gasteiger partial charge in [0.25, 0.3) is 5.91 Å². The Hall–Kier alpha value is -2.67. The number of hydrogen-bond donors (Lipinski definition) is 1. The number of anilines is 1. The fourth-order valence-corrected chi connectivity index (χ4v) is 2.52. The standard InChI is InChI=1S/C18H16BrN3O3/c1-11-4-3-5-15(12(11)2)24-10-16(23)20-18-17(21-25-22-18)13-6-8-14(19)9-7-13/h3-9H,10H2,1-2H3,(H,20,22,23). The molecule has 3 rings (SSSR count). The number of carbonyl (C=O) groups excluding carboxylic acids is 1. The Kier molecular flexibility index (Phi) is 5.14. The van der Waals surface area contributed by atoms with Crippen LogP contribution in [0.4, 0.5) is 5.82 Å². The molecule has 2 aromatic carbocycles. The quantitative estimate of drug-likeness (QED) is 0.695. The van der Waals surface area contributed by atoms with Gasteiger partial charge in [-0.25, -0.2) is 4.63 Å². The van der Waals surface area contributed by atoms with Crippen LogP contribution >= 0.6 is 15.9 Å². The fourth-order valence-electron chi connectivity index (χ4n) is 2.26. The number of ether oxygens (including phenoxy) is 1. The van der Waals surface area contributed by atoms with E-state index in [9.17, 15) is 4.79 Å². The number of carbonyl (C=O) groups is 1. The van der Waals surface area contributed by atoms with Gasteiger partial charge < -0.3 is 10.1 Å². The summed E-state index contributed by atoms with van der Waals surface area (Å²) in [6.45, 7) is 3.82. The molecule has 0 saturated carbocycles. The number of rotatable bonds is 5. The van der Waals surface area contributed by atoms with Gasteiger partial charge in [-0.1, -0.05) is 40.2 Å². The number of amides is 1. The van der Waals surface area contributed by atoms with Gasteiger partial charge in [0.1, 0.15) is 5.75 Å². The molecule has 3 aromatic rings. The Morgan fingerprint density at radius 3 is 2.68 bits per heavy atom. The molecule has 0 radical (unpaired) electrons. The third kappa shape index (κ3) is 4.06. The fraction of sp³-hybridized carbons (Fsp3) is 0.167. The maximum absolute atomic E-state index is 12.2. The molecule has 0 fully saturated rings. The van der Waals surface area contributed by atoms with Gasteiger partial charge >= 0.3 is 0 Å². The average molecular weight is 402 g/mol. The molecule has 1 heterocycles. The van der Waals surface area contributed by atoms with Crippen molar-refractivity contribution < 1.29 is 14.2 Å². The third-order valence-corrected chi connectivity index (χ3v) is 4.31. The zero-order valence-electron chi connectivity index (χ0n) is 13.7. The summed E-state index contributed by atoms with van der Waals surface area (Å²) in [5.41, 5.74) is 3.37. The van der Waals surface area contributed by atoms with Crippen LogP contribution in [0.1, 0.15) is 11.1 Å². The van der Waals surface area contributed by atoms with Gasteiger partial charge in [-0.3, -0.25) is 4.79 Å². The summed E-state index contributed by atoms with van der Waals surface area (Å²) in [6, 6.07) is 13.2. The van der Waals surface area contributed by atoms with Crippen LogP contribution in [-0.4, -0.2) is 22.8 Å². The molecule has 0 aliphatic carbocycles. The number of halogens is 1. The van der Waals surface area contributed by atoms with Gasteiger partial charge in [0, 0.05) is 10.0 Å². The molecule has 0 atom stereocenters. The molecule has 0 aliphatic rings. The van der Waals surface area contributed by atoms with Gasteiger partial charge in [0.2, 0.25) is 5.82 Å². The van der Waals surface area contributed by atoms with Crippen molar-refractivity contribution in [1.29, 1.82) is 0 Å². The van der Waals surface area contributed by atoms with Crippen molar-refractivity contribution in [2.45, 2.75) is 13.8 Å². The van der Waals surface area contributed by atoms with Crippen LogP contribution in [0.15, 0.2) is 51.6 Å². The van der Waals surface area contributed by atoms with Gasteiger partial charge in [-0.15, -0.1) is 0 Å². The van der Waals surface area contributed by atoms with E-state index >= 15 is 0 Å². The van der Waals surface area contributed by atoms with Crippen LogP contribution in [0.3, 0.4) is 0 Å². The summed E-state index contributed by atoms with van der Waals surface area (Å²) in [6.07, 6.45) is 0. The van der Waals surface area contributed by atoms with Crippen molar-refractivity contribution >= 4 is 27.7 Å². The molecule has 0 unspecified atom stereocenters. The normalized spacial score (nSPS) is 10.5. The monoisotopic (exact) mass is 401 g/mol. The second-order valence-corrected chi connectivity index (χ2v) is 6.42. The van der Waals surface area contributed by atoms with E-state index in [0.717, 1.165) is 21.2 Å². The minimum atomic E-state index is -0.338. The molecular weight excluding hydrogens is 386 g/mol. The molecule has 0 bridgehead atoms. The van der Waals surface area contributed by atoms with Crippen molar-refractivity contribution in [2.75, 3.05) is 11.9 Å². The largest absolute Gasteiger partial charge is 0.483 e. The highest BCUT2D eigenvalue weighted by Gasteiger charge is 2.15. The summed E-state index contributed by atoms with van der Waals surface area (Å²) >= 11 is 3.38. The molecule has 25 heavy (non-hydrogen) atoms. The van der Waals surface area contributed by atoms with E-state index in [-0.39, 0.29) is 18.3 Å². The van der Waals surface area contributed by atoms with Crippen LogP contribution in [0, 0.1) is 13.8 Å². The predicted molar refractivity (Wildman–Crippen MR) is 97.5 cm³/mol. The molecule has 7 heteroatoms. The van der Waals surface area contributed by atoms with Gasteiger partial charge in [0.15, 0.2) is 12.3 Å². The smallest absolute Gasteiger partial charge is 0.263 e. The van der Waals surface area contributed by atoms with Gasteiger partial charge in [-0.2, -0.15) is 0 Å². The van der Waals surface area contributed by atoms with E-state index in [4.69, 9.17) is 9.37 Å². The van der Waals surface area contributed by atoms with E-state index in [0.29, 0.717) is 11.4 Å². The lowest BCUT2D eigenvalue weighted by Crippen LogP contribution is -2.21. The highest BCUT2D eigenvalue weighted by Crippen LogP contribution is 2.26. The van der Waals surface area contributed by atoms with Crippen LogP contribution in [0.25, 0.3) is 11.3 Å². The molecule has 0 aliphatic heterocycles. The van der Waals surface area contributed by atoms with Gasteiger partial charge in [-0.05, 0) is 53.5 Å². The highest BCUT2D eigenvalue weighted by molar-refractivity contribution is 9.10. The predicted octanol–water partition coefficient (Wildman–Crippen LogP) is 4.13. The summed E-state index contributed by atoms with van der Waals surface area (Å²) in [4.78, 5) is 12.2. The van der Waals surface area contributed by atoms with Crippen molar-refractivity contribution in [3.05, 3.63) is 58.1 Å². The van der Waals surface area contributed by atoms with Crippen molar-refractivity contribution in [3.63, 3.8) is 0 Å². The van der Waals surface area contributed by atoms with E-state index in [1.165, 1.54) is 0 Å². The highest BCUT2D eigenvalue weighted by atomic mass is 79.9. The molecule has 1 amide bonds. The molecule has 1 aromatic heterocycles. The average Bonchev–Trinajstić information content (AvgIpc) is 3.05. The first kappa shape index (κ1) is 17.2. The summed E-state index contributed by atoms with van der Waals surface area (Å²) in [5, 5.41) is 10.3. The van der Waals surface area contributed by atoms with E-state index in [1.54, 1.807) is 0 Å². The zero-order valence-corrected chi connectivity index (χ0v) is 15.3. The Morgan fingerprint density at radius 2 is 1.92 bits per heavy atom. The topological polar surface area (TPSA) is 77.2 Å². The lowest BCUT2D eigenvalue weighted by molar-refractivity contribution is -0.118. The number of nitrogens with one attached hydrogen (secondary N) is 1. The molecule has 0 saturated heterocycles. The summed E-state index contributed by atoms with van der Waals surface area (Å²) < 4.78 is 11.3. The lowest BCUT2D eigenvalue weighted by Gasteiger charge is -2.10. The Bertz CT molecular complexity index is 891. The minimum Gasteiger partial charge on any atom is -0.483 e. The number of aromatic nitrogens is 2. The Morgan fingerprint density at radius 1 is 1.16 bits per heavy atom. The first-order valence-electron chi connectivity index (χ1n) is 7.62. The first-order valence-corrected chi connectivity index (χ1v) is 8.41. The summed E-state index contributed by atoms with van der Waals surface area (Å²) in [5.74, 6) is 0.605. The van der Waals surface area contributed by atoms with E-state index in [1.807, 2.05) is 56.3 Å². The van der Waals surface area contributed by atoms with Crippen molar-refractivity contribution in [2.24, 2.45) is 0 Å². The van der Waals surface area contributed by atoms with Crippen LogP contribution in [0.5, 0.6) is 5.75 Å². The number of benzene rings is 2. The number of hydrogen-bond acceptors (Lipinski definition) is 5. The maximum Gasteiger partial charge on any atom is 0.263 e. The third-order valence-electron chi connectivity index (χ3n) is 3.78. The molecule has 0 spiro atoms.